The van der Waals surface area contributed by atoms with Crippen LogP contribution in [0.4, 0.5) is 0 Å². The first-order valence-electron chi connectivity index (χ1n) is 6.99. The largest absolute Gasteiger partial charge is 0.497 e. The average molecular weight is 349 g/mol. The van der Waals surface area contributed by atoms with Gasteiger partial charge in [-0.2, -0.15) is 0 Å². The van der Waals surface area contributed by atoms with Crippen molar-refractivity contribution < 1.29 is 4.74 Å². The van der Waals surface area contributed by atoms with Crippen molar-refractivity contribution in [3.8, 4) is 5.75 Å². The molecule has 0 saturated heterocycles. The molecule has 0 saturated carbocycles. The molecule has 1 unspecified atom stereocenters. The van der Waals surface area contributed by atoms with Gasteiger partial charge in [0, 0.05) is 10.5 Å². The van der Waals surface area contributed by atoms with Crippen molar-refractivity contribution in [1.82, 2.24) is 5.43 Å². The van der Waals surface area contributed by atoms with Gasteiger partial charge in [-0.3, -0.25) is 11.3 Å². The minimum Gasteiger partial charge on any atom is -0.497 e. The Hall–Kier alpha value is -1.36. The molecule has 112 valence electrons. The van der Waals surface area contributed by atoms with Crippen molar-refractivity contribution in [3.05, 3.63) is 63.6 Å². The van der Waals surface area contributed by atoms with Gasteiger partial charge in [0.25, 0.3) is 0 Å². The number of methoxy groups -OCH3 is 1. The van der Waals surface area contributed by atoms with Crippen molar-refractivity contribution in [2.24, 2.45) is 5.84 Å². The van der Waals surface area contributed by atoms with E-state index in [-0.39, 0.29) is 6.04 Å². The molecule has 0 aliphatic heterocycles. The molecule has 2 aromatic rings. The summed E-state index contributed by atoms with van der Waals surface area (Å²) >= 11 is 3.52. The lowest BCUT2D eigenvalue weighted by atomic mass is 9.96. The number of hydrogen-bond donors (Lipinski definition) is 2. The first kappa shape index (κ1) is 16.0. The molecule has 2 rings (SSSR count). The Labute approximate surface area is 134 Å². The quantitative estimate of drug-likeness (QED) is 0.614. The van der Waals surface area contributed by atoms with E-state index in [1.165, 1.54) is 16.7 Å². The Morgan fingerprint density at radius 1 is 1.19 bits per heavy atom. The summed E-state index contributed by atoms with van der Waals surface area (Å²) in [5, 5.41) is 0. The van der Waals surface area contributed by atoms with Crippen LogP contribution in [-0.2, 0) is 6.42 Å². The number of hydrazine groups is 1. The summed E-state index contributed by atoms with van der Waals surface area (Å²) in [7, 11) is 1.68. The monoisotopic (exact) mass is 348 g/mol. The average Bonchev–Trinajstić information content (AvgIpc) is 2.51. The standard InChI is InChI=1S/C17H21BrN2O/c1-12-3-7-14(18)11-16(12)17(20-19)10-6-13-4-8-15(21-2)9-5-13/h3-5,7-9,11,17,20H,6,10,19H2,1-2H3. The molecule has 0 heterocycles. The number of halogens is 1. The van der Waals surface area contributed by atoms with Gasteiger partial charge in [0.05, 0.1) is 7.11 Å². The summed E-state index contributed by atoms with van der Waals surface area (Å²) in [6.07, 6.45) is 1.91. The number of hydrogen-bond acceptors (Lipinski definition) is 3. The van der Waals surface area contributed by atoms with Crippen LogP contribution in [0.25, 0.3) is 0 Å². The molecule has 0 bridgehead atoms. The van der Waals surface area contributed by atoms with Crippen LogP contribution in [0.3, 0.4) is 0 Å². The van der Waals surface area contributed by atoms with E-state index in [4.69, 9.17) is 10.6 Å². The molecule has 0 aliphatic rings. The highest BCUT2D eigenvalue weighted by Crippen LogP contribution is 2.25. The maximum absolute atomic E-state index is 5.75. The Bertz CT molecular complexity index is 584. The second kappa shape index (κ2) is 7.59. The number of aryl methyl sites for hydroxylation is 2. The van der Waals surface area contributed by atoms with Crippen molar-refractivity contribution in [2.75, 3.05) is 7.11 Å². The zero-order valence-electron chi connectivity index (χ0n) is 12.4. The number of nitrogens with two attached hydrogens (primary N) is 1. The Morgan fingerprint density at radius 3 is 2.52 bits per heavy atom. The molecule has 0 spiro atoms. The van der Waals surface area contributed by atoms with Crippen LogP contribution in [0.1, 0.15) is 29.2 Å². The second-order valence-electron chi connectivity index (χ2n) is 5.11. The second-order valence-corrected chi connectivity index (χ2v) is 6.02. The molecular formula is C17H21BrN2O. The predicted octanol–water partition coefficient (Wildman–Crippen LogP) is 3.90. The molecule has 4 heteroatoms. The summed E-state index contributed by atoms with van der Waals surface area (Å²) in [6.45, 7) is 2.11. The molecular weight excluding hydrogens is 328 g/mol. The van der Waals surface area contributed by atoms with Crippen molar-refractivity contribution in [2.45, 2.75) is 25.8 Å². The molecule has 0 fully saturated rings. The first-order chi connectivity index (χ1) is 10.1. The highest BCUT2D eigenvalue weighted by molar-refractivity contribution is 9.10. The van der Waals surface area contributed by atoms with Crippen molar-refractivity contribution >= 4 is 15.9 Å². The van der Waals surface area contributed by atoms with Gasteiger partial charge in [-0.1, -0.05) is 34.1 Å². The SMILES string of the molecule is COc1ccc(CCC(NN)c2cc(Br)ccc2C)cc1. The third-order valence-electron chi connectivity index (χ3n) is 3.70. The lowest BCUT2D eigenvalue weighted by molar-refractivity contribution is 0.414. The Morgan fingerprint density at radius 2 is 1.90 bits per heavy atom. The van der Waals surface area contributed by atoms with Crippen LogP contribution in [0.2, 0.25) is 0 Å². The maximum atomic E-state index is 5.75. The predicted molar refractivity (Wildman–Crippen MR) is 90.3 cm³/mol. The topological polar surface area (TPSA) is 47.3 Å². The minimum absolute atomic E-state index is 0.143. The van der Waals surface area contributed by atoms with Crippen LogP contribution < -0.4 is 16.0 Å². The van der Waals surface area contributed by atoms with E-state index in [0.29, 0.717) is 0 Å². The normalized spacial score (nSPS) is 12.2. The zero-order chi connectivity index (χ0) is 15.2. The van der Waals surface area contributed by atoms with Gasteiger partial charge in [0.1, 0.15) is 5.75 Å². The van der Waals surface area contributed by atoms with Gasteiger partial charge in [0.2, 0.25) is 0 Å². The molecule has 0 radical (unpaired) electrons. The van der Waals surface area contributed by atoms with Gasteiger partial charge in [-0.15, -0.1) is 0 Å². The van der Waals surface area contributed by atoms with Gasteiger partial charge in [-0.05, 0) is 60.7 Å². The van der Waals surface area contributed by atoms with Crippen LogP contribution >= 0.6 is 15.9 Å². The molecule has 0 amide bonds. The van der Waals surface area contributed by atoms with Gasteiger partial charge < -0.3 is 4.74 Å². The van der Waals surface area contributed by atoms with Crippen molar-refractivity contribution in [3.63, 3.8) is 0 Å². The Kier molecular flexibility index (Phi) is 5.79. The fraction of sp³-hybridized carbons (Fsp3) is 0.294. The number of rotatable bonds is 6. The van der Waals surface area contributed by atoms with Crippen LogP contribution in [0, 0.1) is 6.92 Å². The Balaban J connectivity index is 2.06. The van der Waals surface area contributed by atoms with Gasteiger partial charge in [0.15, 0.2) is 0 Å². The lowest BCUT2D eigenvalue weighted by Gasteiger charge is -2.19. The summed E-state index contributed by atoms with van der Waals surface area (Å²) in [5.41, 5.74) is 6.70. The number of nitrogens with one attached hydrogen (secondary N) is 1. The molecule has 1 atom stereocenters. The molecule has 3 nitrogen and oxygen atoms in total. The highest BCUT2D eigenvalue weighted by Gasteiger charge is 2.12. The minimum atomic E-state index is 0.143. The van der Waals surface area contributed by atoms with Crippen LogP contribution in [0.5, 0.6) is 5.75 Å². The summed E-state index contributed by atoms with van der Waals surface area (Å²) in [6, 6.07) is 14.6. The van der Waals surface area contributed by atoms with Gasteiger partial charge in [-0.25, -0.2) is 0 Å². The van der Waals surface area contributed by atoms with Crippen LogP contribution in [-0.4, -0.2) is 7.11 Å². The van der Waals surface area contributed by atoms with Gasteiger partial charge >= 0.3 is 0 Å². The van der Waals surface area contributed by atoms with E-state index in [1.807, 2.05) is 12.1 Å². The van der Waals surface area contributed by atoms with E-state index in [9.17, 15) is 0 Å². The summed E-state index contributed by atoms with van der Waals surface area (Å²) in [4.78, 5) is 0. The third kappa shape index (κ3) is 4.30. The van der Waals surface area contributed by atoms with E-state index >= 15 is 0 Å². The summed E-state index contributed by atoms with van der Waals surface area (Å²) < 4.78 is 6.25. The molecule has 0 aromatic heterocycles. The summed E-state index contributed by atoms with van der Waals surface area (Å²) in [5.74, 6) is 6.63. The van der Waals surface area contributed by atoms with Crippen molar-refractivity contribution in [1.29, 1.82) is 0 Å². The molecule has 3 N–H and O–H groups in total. The molecule has 0 aliphatic carbocycles. The molecule has 21 heavy (non-hydrogen) atoms. The van der Waals surface area contributed by atoms with E-state index in [0.717, 1.165) is 23.1 Å². The van der Waals surface area contributed by atoms with E-state index in [2.05, 4.69) is 58.6 Å². The van der Waals surface area contributed by atoms with Crippen LogP contribution in [0.15, 0.2) is 46.9 Å². The number of benzene rings is 2. The highest BCUT2D eigenvalue weighted by atomic mass is 79.9. The smallest absolute Gasteiger partial charge is 0.118 e. The third-order valence-corrected chi connectivity index (χ3v) is 4.19. The lowest BCUT2D eigenvalue weighted by Crippen LogP contribution is -2.29. The fourth-order valence-electron chi connectivity index (χ4n) is 2.42. The fourth-order valence-corrected chi connectivity index (χ4v) is 2.80. The maximum Gasteiger partial charge on any atom is 0.118 e. The van der Waals surface area contributed by atoms with E-state index < -0.39 is 0 Å². The zero-order valence-corrected chi connectivity index (χ0v) is 14.0. The molecule has 2 aromatic carbocycles. The number of ether oxygens (including phenoxy) is 1. The first-order valence-corrected chi connectivity index (χ1v) is 7.78. The van der Waals surface area contributed by atoms with E-state index in [1.54, 1.807) is 7.11 Å².